The molecule has 76 valence electrons. The predicted molar refractivity (Wildman–Crippen MR) is 59.8 cm³/mol. The van der Waals surface area contributed by atoms with Crippen molar-refractivity contribution in [3.05, 3.63) is 22.7 Å². The fraction of sp³-hybridized carbons (Fsp3) is 0.222. The van der Waals surface area contributed by atoms with Crippen LogP contribution in [0.1, 0.15) is 6.42 Å². The van der Waals surface area contributed by atoms with Crippen molar-refractivity contribution in [1.29, 1.82) is 0 Å². The van der Waals surface area contributed by atoms with Crippen LogP contribution in [-0.4, -0.2) is 16.9 Å². The van der Waals surface area contributed by atoms with Crippen molar-refractivity contribution in [3.8, 4) is 5.75 Å². The summed E-state index contributed by atoms with van der Waals surface area (Å²) in [5.41, 5.74) is 0.384. The molecule has 0 aliphatic rings. The van der Waals surface area contributed by atoms with Crippen LogP contribution >= 0.6 is 27.5 Å². The van der Waals surface area contributed by atoms with Gasteiger partial charge in [-0.2, -0.15) is 0 Å². The third kappa shape index (κ3) is 3.20. The number of rotatable bonds is 3. The monoisotopic (exact) mass is 277 g/mol. The first-order valence-electron chi connectivity index (χ1n) is 3.98. The first-order valence-corrected chi connectivity index (χ1v) is 5.30. The zero-order chi connectivity index (χ0) is 10.6. The molecular weight excluding hydrogens is 269 g/mol. The maximum absolute atomic E-state index is 11.2. The summed E-state index contributed by atoms with van der Waals surface area (Å²) in [4.78, 5) is 11.2. The Morgan fingerprint density at radius 3 is 2.93 bits per heavy atom. The minimum absolute atomic E-state index is 0.0381. The molecule has 1 aromatic rings. The van der Waals surface area contributed by atoms with Crippen molar-refractivity contribution in [1.82, 2.24) is 0 Å². The van der Waals surface area contributed by atoms with Crippen LogP contribution in [0.4, 0.5) is 5.69 Å². The smallest absolute Gasteiger partial charge is 0.225 e. The Hall–Kier alpha value is -0.740. The highest BCUT2D eigenvalue weighted by molar-refractivity contribution is 9.10. The first-order chi connectivity index (χ1) is 6.63. The van der Waals surface area contributed by atoms with Gasteiger partial charge >= 0.3 is 0 Å². The SMILES string of the molecule is O=C(CCCl)Nc1cc(Br)ccc1O. The van der Waals surface area contributed by atoms with Crippen LogP contribution in [0, 0.1) is 0 Å². The van der Waals surface area contributed by atoms with E-state index >= 15 is 0 Å². The predicted octanol–water partition coefficient (Wildman–Crippen LogP) is 2.72. The lowest BCUT2D eigenvalue weighted by Gasteiger charge is -2.06. The van der Waals surface area contributed by atoms with Crippen LogP contribution < -0.4 is 5.32 Å². The molecule has 0 radical (unpaired) electrons. The number of phenols is 1. The lowest BCUT2D eigenvalue weighted by atomic mass is 10.3. The van der Waals surface area contributed by atoms with Crippen molar-refractivity contribution in [2.75, 3.05) is 11.2 Å². The zero-order valence-corrected chi connectivity index (χ0v) is 9.60. The van der Waals surface area contributed by atoms with Gasteiger partial charge in [-0.05, 0) is 18.2 Å². The van der Waals surface area contributed by atoms with Crippen molar-refractivity contribution in [2.45, 2.75) is 6.42 Å². The molecule has 14 heavy (non-hydrogen) atoms. The fourth-order valence-corrected chi connectivity index (χ4v) is 1.44. The number of aromatic hydroxyl groups is 1. The number of amides is 1. The van der Waals surface area contributed by atoms with E-state index in [4.69, 9.17) is 11.6 Å². The van der Waals surface area contributed by atoms with Crippen LogP contribution in [0.3, 0.4) is 0 Å². The van der Waals surface area contributed by atoms with Gasteiger partial charge in [0.15, 0.2) is 0 Å². The Bertz CT molecular complexity index is 344. The molecule has 0 saturated heterocycles. The Balaban J connectivity index is 2.75. The van der Waals surface area contributed by atoms with E-state index in [0.29, 0.717) is 5.69 Å². The van der Waals surface area contributed by atoms with Crippen LogP contribution in [-0.2, 0) is 4.79 Å². The molecule has 0 aliphatic carbocycles. The van der Waals surface area contributed by atoms with E-state index in [1.807, 2.05) is 0 Å². The van der Waals surface area contributed by atoms with E-state index in [1.165, 1.54) is 6.07 Å². The molecule has 0 unspecified atom stereocenters. The molecule has 0 atom stereocenters. The Morgan fingerprint density at radius 2 is 2.29 bits per heavy atom. The van der Waals surface area contributed by atoms with Crippen molar-refractivity contribution in [2.24, 2.45) is 0 Å². The summed E-state index contributed by atoms with van der Waals surface area (Å²) in [6.07, 6.45) is 0.230. The van der Waals surface area contributed by atoms with Crippen molar-refractivity contribution >= 4 is 39.1 Å². The number of anilines is 1. The second kappa shape index (κ2) is 5.22. The highest BCUT2D eigenvalue weighted by Gasteiger charge is 2.05. The summed E-state index contributed by atoms with van der Waals surface area (Å²) < 4.78 is 0.788. The molecule has 0 bridgehead atoms. The molecule has 1 rings (SSSR count). The summed E-state index contributed by atoms with van der Waals surface area (Å²) in [6.45, 7) is 0. The van der Waals surface area contributed by atoms with Crippen molar-refractivity contribution in [3.63, 3.8) is 0 Å². The second-order valence-electron chi connectivity index (χ2n) is 2.65. The van der Waals surface area contributed by atoms with E-state index in [-0.39, 0.29) is 24.0 Å². The first kappa shape index (κ1) is 11.3. The normalized spacial score (nSPS) is 9.86. The van der Waals surface area contributed by atoms with Gasteiger partial charge in [-0.15, -0.1) is 11.6 Å². The highest BCUT2D eigenvalue weighted by atomic mass is 79.9. The summed E-state index contributed by atoms with van der Waals surface area (Å²) in [6, 6.07) is 4.81. The Morgan fingerprint density at radius 1 is 1.57 bits per heavy atom. The number of nitrogens with one attached hydrogen (secondary N) is 1. The number of phenolic OH excluding ortho intramolecular Hbond substituents is 1. The molecule has 1 amide bonds. The van der Waals surface area contributed by atoms with Gasteiger partial charge in [0.1, 0.15) is 5.75 Å². The molecule has 3 nitrogen and oxygen atoms in total. The summed E-state index contributed by atoms with van der Waals surface area (Å²) in [7, 11) is 0. The number of carbonyl (C=O) groups is 1. The lowest BCUT2D eigenvalue weighted by molar-refractivity contribution is -0.115. The molecule has 0 saturated carbocycles. The van der Waals surface area contributed by atoms with Crippen LogP contribution in [0.25, 0.3) is 0 Å². The summed E-state index contributed by atoms with van der Waals surface area (Å²) >= 11 is 8.64. The van der Waals surface area contributed by atoms with E-state index < -0.39 is 0 Å². The van der Waals surface area contributed by atoms with Gasteiger partial charge < -0.3 is 10.4 Å². The van der Waals surface area contributed by atoms with E-state index in [2.05, 4.69) is 21.2 Å². The number of hydrogen-bond donors (Lipinski definition) is 2. The van der Waals surface area contributed by atoms with Crippen LogP contribution in [0.2, 0.25) is 0 Å². The molecule has 1 aromatic carbocycles. The maximum Gasteiger partial charge on any atom is 0.225 e. The fourth-order valence-electron chi connectivity index (χ4n) is 0.907. The summed E-state index contributed by atoms with van der Waals surface area (Å²) in [5, 5.41) is 11.9. The number of benzene rings is 1. The standard InChI is InChI=1S/C9H9BrClNO2/c10-6-1-2-8(13)7(5-6)12-9(14)3-4-11/h1-2,5,13H,3-4H2,(H,12,14). The van der Waals surface area contributed by atoms with Gasteiger partial charge in [0.2, 0.25) is 5.91 Å². The van der Waals surface area contributed by atoms with Gasteiger partial charge in [0, 0.05) is 16.8 Å². The highest BCUT2D eigenvalue weighted by Crippen LogP contribution is 2.26. The van der Waals surface area contributed by atoms with Crippen molar-refractivity contribution < 1.29 is 9.90 Å². The topological polar surface area (TPSA) is 49.3 Å². The van der Waals surface area contributed by atoms with Gasteiger partial charge in [0.05, 0.1) is 5.69 Å². The third-order valence-electron chi connectivity index (χ3n) is 1.55. The number of alkyl halides is 1. The van der Waals surface area contributed by atoms with Crippen LogP contribution in [0.15, 0.2) is 22.7 Å². The number of hydrogen-bond acceptors (Lipinski definition) is 2. The number of carbonyl (C=O) groups excluding carboxylic acids is 1. The van der Waals surface area contributed by atoms with E-state index in [1.54, 1.807) is 12.1 Å². The van der Waals surface area contributed by atoms with Gasteiger partial charge in [-0.1, -0.05) is 15.9 Å². The quantitative estimate of drug-likeness (QED) is 0.660. The molecule has 0 aromatic heterocycles. The van der Waals surface area contributed by atoms with E-state index in [9.17, 15) is 9.90 Å². The minimum atomic E-state index is -0.214. The number of halogens is 2. The molecule has 0 heterocycles. The van der Waals surface area contributed by atoms with E-state index in [0.717, 1.165) is 4.47 Å². The Kier molecular flexibility index (Phi) is 4.22. The molecule has 0 spiro atoms. The third-order valence-corrected chi connectivity index (χ3v) is 2.24. The molecule has 0 fully saturated rings. The molecular formula is C9H9BrClNO2. The van der Waals surface area contributed by atoms with Gasteiger partial charge in [-0.25, -0.2) is 0 Å². The second-order valence-corrected chi connectivity index (χ2v) is 3.94. The molecule has 0 aliphatic heterocycles. The lowest BCUT2D eigenvalue weighted by Crippen LogP contribution is -2.11. The maximum atomic E-state index is 11.2. The molecule has 5 heteroatoms. The van der Waals surface area contributed by atoms with Crippen LogP contribution in [0.5, 0.6) is 5.75 Å². The van der Waals surface area contributed by atoms with Gasteiger partial charge in [-0.3, -0.25) is 4.79 Å². The Labute approximate surface area is 95.2 Å². The molecule has 2 N–H and O–H groups in total. The van der Waals surface area contributed by atoms with Gasteiger partial charge in [0.25, 0.3) is 0 Å². The minimum Gasteiger partial charge on any atom is -0.506 e. The average Bonchev–Trinajstić information content (AvgIpc) is 2.12. The summed E-state index contributed by atoms with van der Waals surface area (Å²) in [5.74, 6) is 0.0881. The zero-order valence-electron chi connectivity index (χ0n) is 7.26. The average molecular weight is 279 g/mol. The largest absolute Gasteiger partial charge is 0.506 e.